The lowest BCUT2D eigenvalue weighted by molar-refractivity contribution is 0.0994. The molecule has 0 saturated carbocycles. The highest BCUT2D eigenvalue weighted by Crippen LogP contribution is 2.22. The van der Waals surface area contributed by atoms with Crippen LogP contribution in [-0.4, -0.2) is 62.2 Å². The largest absolute Gasteiger partial charge is 0.370 e. The molecule has 2 aromatic rings. The number of hydrogen-bond donors (Lipinski definition) is 6. The smallest absolute Gasteiger partial charge is 0.280 e. The van der Waals surface area contributed by atoms with Gasteiger partial charge < -0.3 is 22.9 Å². The molecule has 0 heterocycles. The molecule has 0 fully saturated rings. The van der Waals surface area contributed by atoms with Crippen LogP contribution in [0.3, 0.4) is 0 Å². The molecular formula is C18H24N6O8S2. The molecule has 0 aromatic heterocycles. The lowest BCUT2D eigenvalue weighted by Crippen LogP contribution is -2.24. The van der Waals surface area contributed by atoms with E-state index in [2.05, 4.69) is 9.98 Å². The Bertz CT molecular complexity index is 1180. The van der Waals surface area contributed by atoms with E-state index in [1.165, 1.54) is 0 Å². The van der Waals surface area contributed by atoms with Crippen molar-refractivity contribution in [3.05, 3.63) is 59.7 Å². The second-order valence-electron chi connectivity index (χ2n) is 6.31. The zero-order chi connectivity index (χ0) is 26.7. The van der Waals surface area contributed by atoms with Crippen LogP contribution in [0.5, 0.6) is 0 Å². The van der Waals surface area contributed by atoms with E-state index in [1.807, 2.05) is 0 Å². The predicted octanol–water partition coefficient (Wildman–Crippen LogP) is -0.811. The van der Waals surface area contributed by atoms with Crippen molar-refractivity contribution >= 4 is 44.0 Å². The van der Waals surface area contributed by atoms with Gasteiger partial charge >= 0.3 is 0 Å². The number of guanidine groups is 2. The van der Waals surface area contributed by atoms with E-state index in [0.29, 0.717) is 34.8 Å². The number of hydrogen-bond acceptors (Lipinski definition) is 6. The average Bonchev–Trinajstić information content (AvgIpc) is 2.64. The molecule has 0 atom stereocenters. The van der Waals surface area contributed by atoms with Gasteiger partial charge in [0.1, 0.15) is 0 Å². The molecule has 34 heavy (non-hydrogen) atoms. The van der Waals surface area contributed by atoms with Crippen molar-refractivity contribution in [1.82, 2.24) is 0 Å². The molecule has 186 valence electrons. The molecule has 0 aliphatic rings. The first-order valence-corrected chi connectivity index (χ1v) is 12.4. The van der Waals surface area contributed by atoms with E-state index >= 15 is 0 Å². The number of carbonyl (C=O) groups is 2. The fourth-order valence-corrected chi connectivity index (χ4v) is 2.03. The first-order valence-electron chi connectivity index (χ1n) is 8.70. The Morgan fingerprint density at radius 2 is 0.941 bits per heavy atom. The van der Waals surface area contributed by atoms with Crippen LogP contribution in [0.25, 0.3) is 11.1 Å². The average molecular weight is 517 g/mol. The van der Waals surface area contributed by atoms with Gasteiger partial charge in [0.05, 0.1) is 12.5 Å². The van der Waals surface area contributed by atoms with Gasteiger partial charge in [0.2, 0.25) is 0 Å². The van der Waals surface area contributed by atoms with Gasteiger partial charge in [0.25, 0.3) is 32.1 Å². The normalized spacial score (nSPS) is 10.4. The molecule has 0 radical (unpaired) electrons. The summed E-state index contributed by atoms with van der Waals surface area (Å²) >= 11 is 0. The molecule has 16 heteroatoms. The van der Waals surface area contributed by atoms with E-state index in [0.717, 1.165) is 0 Å². The van der Waals surface area contributed by atoms with Crippen molar-refractivity contribution in [2.45, 2.75) is 0 Å². The van der Waals surface area contributed by atoms with Gasteiger partial charge in [0, 0.05) is 11.1 Å². The molecular weight excluding hydrogens is 492 g/mol. The predicted molar refractivity (Wildman–Crippen MR) is 127 cm³/mol. The van der Waals surface area contributed by atoms with Gasteiger partial charge in [-0.2, -0.15) is 26.8 Å². The number of rotatable bonds is 3. The number of aliphatic imine (C=N–C) groups is 2. The van der Waals surface area contributed by atoms with Crippen molar-refractivity contribution in [3.8, 4) is 11.1 Å². The summed E-state index contributed by atoms with van der Waals surface area (Å²) in [5.74, 6) is -1.72. The van der Waals surface area contributed by atoms with Crippen LogP contribution in [0.15, 0.2) is 58.5 Å². The highest BCUT2D eigenvalue weighted by Gasteiger charge is 2.09. The summed E-state index contributed by atoms with van der Waals surface area (Å²) in [4.78, 5) is 30.8. The molecule has 10 N–H and O–H groups in total. The van der Waals surface area contributed by atoms with Crippen molar-refractivity contribution in [2.75, 3.05) is 12.5 Å². The summed E-state index contributed by atoms with van der Waals surface area (Å²) in [6.07, 6.45) is 1.43. The van der Waals surface area contributed by atoms with Gasteiger partial charge in [-0.25, -0.2) is 0 Å². The summed E-state index contributed by atoms with van der Waals surface area (Å²) in [5.41, 5.74) is 22.9. The van der Waals surface area contributed by atoms with E-state index in [1.54, 1.807) is 48.5 Å². The molecule has 2 amide bonds. The minimum absolute atomic E-state index is 0.310. The van der Waals surface area contributed by atoms with Crippen molar-refractivity contribution in [3.63, 3.8) is 0 Å². The maximum atomic E-state index is 11.9. The van der Waals surface area contributed by atoms with Crippen LogP contribution in [0.4, 0.5) is 0 Å². The molecule has 14 nitrogen and oxygen atoms in total. The van der Waals surface area contributed by atoms with Crippen LogP contribution >= 0.6 is 0 Å². The van der Waals surface area contributed by atoms with Crippen LogP contribution in [0.1, 0.15) is 20.7 Å². The van der Waals surface area contributed by atoms with E-state index in [4.69, 9.17) is 32.0 Å². The fourth-order valence-electron chi connectivity index (χ4n) is 2.03. The quantitative estimate of drug-likeness (QED) is 0.166. The lowest BCUT2D eigenvalue weighted by atomic mass is 10.0. The second kappa shape index (κ2) is 13.0. The highest BCUT2D eigenvalue weighted by molar-refractivity contribution is 7.85. The molecule has 0 bridgehead atoms. The summed E-state index contributed by atoms with van der Waals surface area (Å²) in [5, 5.41) is 0. The summed E-state index contributed by atoms with van der Waals surface area (Å²) < 4.78 is 51.7. The number of carbonyl (C=O) groups excluding carboxylic acids is 2. The Morgan fingerprint density at radius 1 is 0.676 bits per heavy atom. The van der Waals surface area contributed by atoms with Crippen LogP contribution in [-0.2, 0) is 20.2 Å². The molecule has 0 aliphatic heterocycles. The maximum Gasteiger partial charge on any atom is 0.280 e. The zero-order valence-electron chi connectivity index (χ0n) is 18.0. The van der Waals surface area contributed by atoms with Crippen LogP contribution in [0.2, 0.25) is 0 Å². The molecule has 0 saturated heterocycles. The van der Waals surface area contributed by atoms with Crippen LogP contribution in [0, 0.1) is 0 Å². The topological polar surface area (TPSA) is 272 Å². The minimum Gasteiger partial charge on any atom is -0.370 e. The fraction of sp³-hybridized carbons (Fsp3) is 0.111. The van der Waals surface area contributed by atoms with Crippen molar-refractivity contribution in [1.29, 1.82) is 0 Å². The number of benzene rings is 2. The third-order valence-electron chi connectivity index (χ3n) is 3.01. The summed E-state index contributed by atoms with van der Waals surface area (Å²) in [6, 6.07) is 13.4. The van der Waals surface area contributed by atoms with E-state index in [9.17, 15) is 26.4 Å². The summed E-state index contributed by atoms with van der Waals surface area (Å²) in [6.45, 7) is 0. The van der Waals surface area contributed by atoms with Crippen molar-refractivity contribution < 1.29 is 35.5 Å². The van der Waals surface area contributed by atoms with Crippen molar-refractivity contribution in [2.24, 2.45) is 32.9 Å². The zero-order valence-corrected chi connectivity index (χ0v) is 19.6. The number of nitrogens with two attached hydrogens (primary N) is 4. The van der Waals surface area contributed by atoms with Gasteiger partial charge in [-0.3, -0.25) is 18.7 Å². The standard InChI is InChI=1S/C16H16N6O2.2CH4O3S/c17-15(18)21-13(23)11-5-1-3-9(7-11)10-4-2-6-12(8-10)14(24)22-16(19)20;2*1-5(2,3)4/h1-8H,(H4,17,18,21,23)(H4,19,20,22,24);2*1H3,(H,2,3,4). The second-order valence-corrected chi connectivity index (χ2v) is 9.24. The third-order valence-corrected chi connectivity index (χ3v) is 3.01. The Morgan fingerprint density at radius 3 is 1.18 bits per heavy atom. The molecule has 0 unspecified atom stereocenters. The Labute approximate surface area is 195 Å². The first-order chi connectivity index (χ1) is 15.4. The summed E-state index contributed by atoms with van der Waals surface area (Å²) in [7, 11) is -7.33. The Hall–Kier alpha value is -3.86. The third kappa shape index (κ3) is 15.9. The molecule has 0 spiro atoms. The maximum absolute atomic E-state index is 11.9. The molecule has 2 rings (SSSR count). The molecule has 0 aliphatic carbocycles. The SMILES string of the molecule is CS(=O)(=O)O.CS(=O)(=O)O.NC(N)=NC(=O)c1cccc(-c2cccc(C(=O)N=C(N)N)c2)c1. The minimum atomic E-state index is -3.67. The van der Waals surface area contributed by atoms with Gasteiger partial charge in [-0.05, 0) is 35.4 Å². The van der Waals surface area contributed by atoms with Crippen LogP contribution < -0.4 is 22.9 Å². The van der Waals surface area contributed by atoms with E-state index < -0.39 is 32.1 Å². The van der Waals surface area contributed by atoms with E-state index in [-0.39, 0.29) is 11.9 Å². The van der Waals surface area contributed by atoms with Gasteiger partial charge in [-0.1, -0.05) is 24.3 Å². The Kier molecular flexibility index (Phi) is 11.5. The lowest BCUT2D eigenvalue weighted by Gasteiger charge is -2.05. The first kappa shape index (κ1) is 30.1. The molecule has 2 aromatic carbocycles. The number of nitrogens with zero attached hydrogens (tertiary/aromatic N) is 2. The Balaban J connectivity index is 0.000000916. The van der Waals surface area contributed by atoms with Gasteiger partial charge in [0.15, 0.2) is 11.9 Å². The monoisotopic (exact) mass is 516 g/mol. The highest BCUT2D eigenvalue weighted by atomic mass is 32.2. The van der Waals surface area contributed by atoms with Gasteiger partial charge in [-0.15, -0.1) is 0 Å². The number of amides is 2.